The molecular weight excluding hydrogens is 395 g/mol. The summed E-state index contributed by atoms with van der Waals surface area (Å²) in [6, 6.07) is 12.1. The number of rotatable bonds is 9. The summed E-state index contributed by atoms with van der Waals surface area (Å²) in [7, 11) is 1.13. The third-order valence-corrected chi connectivity index (χ3v) is 4.19. The number of halogens is 1. The van der Waals surface area contributed by atoms with Crippen LogP contribution in [0.3, 0.4) is 0 Å². The van der Waals surface area contributed by atoms with E-state index in [2.05, 4.69) is 15.4 Å². The maximum absolute atomic E-state index is 13.9. The number of hydrogen-bond acceptors (Lipinski definition) is 6. The fourth-order valence-electron chi connectivity index (χ4n) is 2.59. The number of carbonyl (C=O) groups is 3. The summed E-state index contributed by atoms with van der Waals surface area (Å²) < 4.78 is 23.6. The Balaban J connectivity index is 1.96. The van der Waals surface area contributed by atoms with E-state index < -0.39 is 42.5 Å². The van der Waals surface area contributed by atoms with Gasteiger partial charge in [0.2, 0.25) is 5.91 Å². The van der Waals surface area contributed by atoms with Crippen LogP contribution in [-0.2, 0) is 32.1 Å². The van der Waals surface area contributed by atoms with Crippen LogP contribution in [0, 0.1) is 5.82 Å². The fourth-order valence-corrected chi connectivity index (χ4v) is 2.59. The van der Waals surface area contributed by atoms with Crippen LogP contribution in [0.1, 0.15) is 11.1 Å². The van der Waals surface area contributed by atoms with Crippen LogP contribution < -0.4 is 10.6 Å². The van der Waals surface area contributed by atoms with Crippen molar-refractivity contribution in [2.45, 2.75) is 25.1 Å². The molecule has 0 spiro atoms. The molecule has 0 aliphatic carbocycles. The zero-order valence-corrected chi connectivity index (χ0v) is 16.3. The molecule has 2 aromatic carbocycles. The van der Waals surface area contributed by atoms with Crippen molar-refractivity contribution in [3.63, 3.8) is 0 Å². The molecule has 0 aliphatic rings. The molecule has 0 fully saturated rings. The number of aliphatic hydroxyl groups is 1. The maximum Gasteiger partial charge on any atom is 0.408 e. The molecule has 2 aromatic rings. The first-order valence-electron chi connectivity index (χ1n) is 9.14. The van der Waals surface area contributed by atoms with Crippen LogP contribution in [0.4, 0.5) is 9.18 Å². The molecule has 0 radical (unpaired) electrons. The summed E-state index contributed by atoms with van der Waals surface area (Å²) in [6.07, 6.45) is -1.08. The normalized spacial score (nSPS) is 12.4. The number of esters is 1. The molecule has 0 bridgehead atoms. The standard InChI is InChI=1S/C21H23FN2O6/c1-29-20(27)17(11-15-9-5-6-10-16(15)22)23-19(26)18(12-25)24-21(28)30-13-14-7-3-2-4-8-14/h2-10,17-18,25H,11-13H2,1H3,(H,23,26)(H,24,28)/t17-,18-/m0/s1. The molecule has 0 saturated carbocycles. The minimum Gasteiger partial charge on any atom is -0.467 e. The number of carbonyl (C=O) groups excluding carboxylic acids is 3. The molecular formula is C21H23FN2O6. The van der Waals surface area contributed by atoms with Gasteiger partial charge in [0.25, 0.3) is 0 Å². The highest BCUT2D eigenvalue weighted by Crippen LogP contribution is 2.10. The van der Waals surface area contributed by atoms with Crippen molar-refractivity contribution in [2.24, 2.45) is 0 Å². The van der Waals surface area contributed by atoms with Gasteiger partial charge < -0.3 is 25.2 Å². The first kappa shape index (κ1) is 22.8. The number of alkyl carbamates (subject to hydrolysis) is 1. The molecule has 2 amide bonds. The fraction of sp³-hybridized carbons (Fsp3) is 0.286. The molecule has 30 heavy (non-hydrogen) atoms. The van der Waals surface area contributed by atoms with Gasteiger partial charge in [0, 0.05) is 6.42 Å². The predicted octanol–water partition coefficient (Wildman–Crippen LogP) is 1.31. The average Bonchev–Trinajstić information content (AvgIpc) is 2.77. The molecule has 3 N–H and O–H groups in total. The Hall–Kier alpha value is -3.46. The second-order valence-corrected chi connectivity index (χ2v) is 6.32. The van der Waals surface area contributed by atoms with Crippen LogP contribution in [-0.4, -0.2) is 48.9 Å². The van der Waals surface area contributed by atoms with Crippen molar-refractivity contribution in [1.82, 2.24) is 10.6 Å². The first-order chi connectivity index (χ1) is 14.4. The van der Waals surface area contributed by atoms with Gasteiger partial charge in [-0.05, 0) is 17.2 Å². The summed E-state index contributed by atoms with van der Waals surface area (Å²) in [6.45, 7) is -0.760. The molecule has 2 atom stereocenters. The molecule has 0 aliphatic heterocycles. The Morgan fingerprint density at radius 1 is 1.00 bits per heavy atom. The minimum atomic E-state index is -1.37. The molecule has 160 valence electrons. The summed E-state index contributed by atoms with van der Waals surface area (Å²) in [4.78, 5) is 36.4. The monoisotopic (exact) mass is 418 g/mol. The lowest BCUT2D eigenvalue weighted by atomic mass is 10.0. The van der Waals surface area contributed by atoms with Crippen LogP contribution in [0.15, 0.2) is 54.6 Å². The van der Waals surface area contributed by atoms with Crippen molar-refractivity contribution in [1.29, 1.82) is 0 Å². The van der Waals surface area contributed by atoms with Crippen LogP contribution >= 0.6 is 0 Å². The van der Waals surface area contributed by atoms with Crippen LogP contribution in [0.25, 0.3) is 0 Å². The number of hydrogen-bond donors (Lipinski definition) is 3. The molecule has 8 nitrogen and oxygen atoms in total. The van der Waals surface area contributed by atoms with Gasteiger partial charge in [-0.2, -0.15) is 0 Å². The highest BCUT2D eigenvalue weighted by molar-refractivity contribution is 5.89. The van der Waals surface area contributed by atoms with Gasteiger partial charge in [0.15, 0.2) is 0 Å². The Kier molecular flexibility index (Phi) is 8.76. The highest BCUT2D eigenvalue weighted by Gasteiger charge is 2.28. The SMILES string of the molecule is COC(=O)[C@H](Cc1ccccc1F)NC(=O)[C@H](CO)NC(=O)OCc1ccccc1. The third kappa shape index (κ3) is 6.85. The highest BCUT2D eigenvalue weighted by atomic mass is 19.1. The second-order valence-electron chi connectivity index (χ2n) is 6.32. The Bertz CT molecular complexity index is 862. The van der Waals surface area contributed by atoms with Gasteiger partial charge in [-0.25, -0.2) is 14.0 Å². The van der Waals surface area contributed by atoms with Gasteiger partial charge >= 0.3 is 12.1 Å². The van der Waals surface area contributed by atoms with E-state index in [1.54, 1.807) is 30.3 Å². The number of ether oxygens (including phenoxy) is 2. The average molecular weight is 418 g/mol. The van der Waals surface area contributed by atoms with E-state index in [4.69, 9.17) is 4.74 Å². The Morgan fingerprint density at radius 2 is 1.67 bits per heavy atom. The summed E-state index contributed by atoms with van der Waals surface area (Å²) >= 11 is 0. The van der Waals surface area contributed by atoms with Gasteiger partial charge in [-0.3, -0.25) is 4.79 Å². The smallest absolute Gasteiger partial charge is 0.408 e. The van der Waals surface area contributed by atoms with Crippen LogP contribution in [0.5, 0.6) is 0 Å². The lowest BCUT2D eigenvalue weighted by Crippen LogP contribution is -2.54. The summed E-state index contributed by atoms with van der Waals surface area (Å²) in [5.41, 5.74) is 0.942. The van der Waals surface area contributed by atoms with E-state index in [1.165, 1.54) is 18.2 Å². The Morgan fingerprint density at radius 3 is 2.30 bits per heavy atom. The lowest BCUT2D eigenvalue weighted by Gasteiger charge is -2.21. The number of benzene rings is 2. The number of nitrogens with one attached hydrogen (secondary N) is 2. The largest absolute Gasteiger partial charge is 0.467 e. The lowest BCUT2D eigenvalue weighted by molar-refractivity contribution is -0.145. The van der Waals surface area contributed by atoms with Crippen LogP contribution in [0.2, 0.25) is 0 Å². The number of methoxy groups -OCH3 is 1. The van der Waals surface area contributed by atoms with Crippen molar-refractivity contribution in [3.05, 3.63) is 71.5 Å². The second kappa shape index (κ2) is 11.5. The van der Waals surface area contributed by atoms with Gasteiger partial charge in [0.05, 0.1) is 13.7 Å². The Labute approximate surface area is 173 Å². The predicted molar refractivity (Wildman–Crippen MR) is 105 cm³/mol. The number of aliphatic hydroxyl groups excluding tert-OH is 1. The van der Waals surface area contributed by atoms with E-state index >= 15 is 0 Å². The molecule has 9 heteroatoms. The van der Waals surface area contributed by atoms with E-state index in [0.29, 0.717) is 0 Å². The molecule has 0 aromatic heterocycles. The van der Waals surface area contributed by atoms with E-state index in [1.807, 2.05) is 6.07 Å². The number of amides is 2. The van der Waals surface area contributed by atoms with Crippen molar-refractivity contribution >= 4 is 18.0 Å². The zero-order chi connectivity index (χ0) is 21.9. The van der Waals surface area contributed by atoms with Crippen molar-refractivity contribution in [3.8, 4) is 0 Å². The molecule has 0 unspecified atom stereocenters. The van der Waals surface area contributed by atoms with Gasteiger partial charge in [-0.1, -0.05) is 48.5 Å². The summed E-state index contributed by atoms with van der Waals surface area (Å²) in [5.74, 6) is -2.18. The van der Waals surface area contributed by atoms with Crippen molar-refractivity contribution < 1.29 is 33.4 Å². The third-order valence-electron chi connectivity index (χ3n) is 4.19. The molecule has 0 heterocycles. The zero-order valence-electron chi connectivity index (χ0n) is 16.3. The van der Waals surface area contributed by atoms with E-state index in [9.17, 15) is 23.9 Å². The van der Waals surface area contributed by atoms with E-state index in [0.717, 1.165) is 12.7 Å². The minimum absolute atomic E-state index is 0.0233. The maximum atomic E-state index is 13.9. The quantitative estimate of drug-likeness (QED) is 0.529. The van der Waals surface area contributed by atoms with Gasteiger partial charge in [0.1, 0.15) is 24.5 Å². The molecule has 0 saturated heterocycles. The summed E-state index contributed by atoms with van der Waals surface area (Å²) in [5, 5.41) is 14.1. The topological polar surface area (TPSA) is 114 Å². The van der Waals surface area contributed by atoms with Gasteiger partial charge in [-0.15, -0.1) is 0 Å². The van der Waals surface area contributed by atoms with E-state index in [-0.39, 0.29) is 18.6 Å². The molecule has 2 rings (SSSR count). The first-order valence-corrected chi connectivity index (χ1v) is 9.14. The van der Waals surface area contributed by atoms with Crippen molar-refractivity contribution in [2.75, 3.05) is 13.7 Å².